The SMILES string of the molecule is Cc1ccc(CNC(=O)C2CC2C(=O)NCCc2ccc(F)cc2)cc1. The van der Waals surface area contributed by atoms with Crippen LogP contribution in [0.4, 0.5) is 4.39 Å². The molecule has 4 nitrogen and oxygen atoms in total. The Labute approximate surface area is 152 Å². The van der Waals surface area contributed by atoms with Crippen LogP contribution in [-0.2, 0) is 22.6 Å². The molecule has 0 bridgehead atoms. The van der Waals surface area contributed by atoms with Crippen molar-refractivity contribution in [3.05, 3.63) is 71.0 Å². The van der Waals surface area contributed by atoms with Gasteiger partial charge in [-0.1, -0.05) is 42.0 Å². The minimum Gasteiger partial charge on any atom is -0.356 e. The Balaban J connectivity index is 1.37. The zero-order valence-corrected chi connectivity index (χ0v) is 14.8. The average molecular weight is 354 g/mol. The normalized spacial score (nSPS) is 18.2. The summed E-state index contributed by atoms with van der Waals surface area (Å²) in [4.78, 5) is 24.3. The smallest absolute Gasteiger partial charge is 0.224 e. The maximum Gasteiger partial charge on any atom is 0.224 e. The third-order valence-corrected chi connectivity index (χ3v) is 4.68. The highest BCUT2D eigenvalue weighted by Gasteiger charge is 2.47. The average Bonchev–Trinajstić information content (AvgIpc) is 3.43. The second kappa shape index (κ2) is 8.13. The summed E-state index contributed by atoms with van der Waals surface area (Å²) < 4.78 is 12.9. The molecule has 0 aromatic heterocycles. The maximum absolute atomic E-state index is 12.9. The fourth-order valence-electron chi connectivity index (χ4n) is 2.91. The molecule has 2 N–H and O–H groups in total. The standard InChI is InChI=1S/C21H23FN2O2/c1-14-2-4-16(5-3-14)13-24-21(26)19-12-18(19)20(25)23-11-10-15-6-8-17(22)9-7-15/h2-9,18-19H,10-13H2,1H3,(H,23,25)(H,24,26). The van der Waals surface area contributed by atoms with Crippen molar-refractivity contribution in [2.24, 2.45) is 11.8 Å². The van der Waals surface area contributed by atoms with Crippen LogP contribution in [0.15, 0.2) is 48.5 Å². The lowest BCUT2D eigenvalue weighted by molar-refractivity contribution is -0.127. The van der Waals surface area contributed by atoms with Crippen molar-refractivity contribution in [3.63, 3.8) is 0 Å². The number of aryl methyl sites for hydroxylation is 1. The third-order valence-electron chi connectivity index (χ3n) is 4.68. The topological polar surface area (TPSA) is 58.2 Å². The van der Waals surface area contributed by atoms with E-state index in [1.54, 1.807) is 12.1 Å². The fraction of sp³-hybridized carbons (Fsp3) is 0.333. The quantitative estimate of drug-likeness (QED) is 0.803. The first-order chi connectivity index (χ1) is 12.5. The van der Waals surface area contributed by atoms with Gasteiger partial charge in [-0.2, -0.15) is 0 Å². The van der Waals surface area contributed by atoms with E-state index in [1.807, 2.05) is 31.2 Å². The third kappa shape index (κ3) is 4.91. The summed E-state index contributed by atoms with van der Waals surface area (Å²) in [6, 6.07) is 14.2. The molecule has 2 atom stereocenters. The van der Waals surface area contributed by atoms with Gasteiger partial charge in [0.2, 0.25) is 11.8 Å². The zero-order valence-electron chi connectivity index (χ0n) is 14.8. The molecule has 1 fully saturated rings. The van der Waals surface area contributed by atoms with Crippen LogP contribution in [0.1, 0.15) is 23.1 Å². The molecule has 1 aliphatic carbocycles. The van der Waals surface area contributed by atoms with E-state index in [9.17, 15) is 14.0 Å². The molecule has 0 aliphatic heterocycles. The van der Waals surface area contributed by atoms with Crippen LogP contribution in [0.3, 0.4) is 0 Å². The Morgan fingerprint density at radius 3 is 2.15 bits per heavy atom. The highest BCUT2D eigenvalue weighted by molar-refractivity contribution is 5.92. The Morgan fingerprint density at radius 2 is 1.50 bits per heavy atom. The molecule has 2 unspecified atom stereocenters. The van der Waals surface area contributed by atoms with E-state index in [4.69, 9.17) is 0 Å². The summed E-state index contributed by atoms with van der Waals surface area (Å²) in [5.74, 6) is -0.880. The Kier molecular flexibility index (Phi) is 5.66. The van der Waals surface area contributed by atoms with Crippen LogP contribution in [0.5, 0.6) is 0 Å². The zero-order chi connectivity index (χ0) is 18.5. The molecule has 26 heavy (non-hydrogen) atoms. The molecular weight excluding hydrogens is 331 g/mol. The molecule has 2 aromatic carbocycles. The summed E-state index contributed by atoms with van der Waals surface area (Å²) >= 11 is 0. The van der Waals surface area contributed by atoms with Crippen LogP contribution in [0.25, 0.3) is 0 Å². The first kappa shape index (κ1) is 18.1. The second-order valence-corrected chi connectivity index (χ2v) is 6.82. The lowest BCUT2D eigenvalue weighted by atomic mass is 10.1. The van der Waals surface area contributed by atoms with Gasteiger partial charge in [-0.05, 0) is 43.0 Å². The molecule has 0 radical (unpaired) electrons. The summed E-state index contributed by atoms with van der Waals surface area (Å²) in [6.07, 6.45) is 1.24. The highest BCUT2D eigenvalue weighted by Crippen LogP contribution is 2.38. The van der Waals surface area contributed by atoms with Crippen molar-refractivity contribution in [1.82, 2.24) is 10.6 Å². The summed E-state index contributed by atoms with van der Waals surface area (Å²) in [6.45, 7) is 2.99. The van der Waals surface area contributed by atoms with E-state index >= 15 is 0 Å². The van der Waals surface area contributed by atoms with Gasteiger partial charge in [0.15, 0.2) is 0 Å². The van der Waals surface area contributed by atoms with Crippen LogP contribution in [-0.4, -0.2) is 18.4 Å². The van der Waals surface area contributed by atoms with Gasteiger partial charge >= 0.3 is 0 Å². The summed E-state index contributed by atoms with van der Waals surface area (Å²) in [5, 5.41) is 5.76. The minimum absolute atomic E-state index is 0.0655. The van der Waals surface area contributed by atoms with Crippen molar-refractivity contribution >= 4 is 11.8 Å². The summed E-state index contributed by atoms with van der Waals surface area (Å²) in [7, 11) is 0. The number of benzene rings is 2. The largest absolute Gasteiger partial charge is 0.356 e. The van der Waals surface area contributed by atoms with Gasteiger partial charge in [-0.3, -0.25) is 9.59 Å². The number of carbonyl (C=O) groups excluding carboxylic acids is 2. The van der Waals surface area contributed by atoms with E-state index in [0.29, 0.717) is 25.9 Å². The van der Waals surface area contributed by atoms with E-state index in [-0.39, 0.29) is 29.5 Å². The molecule has 0 heterocycles. The number of halogens is 1. The molecule has 2 aromatic rings. The monoisotopic (exact) mass is 354 g/mol. The van der Waals surface area contributed by atoms with Gasteiger partial charge in [0.1, 0.15) is 5.82 Å². The molecule has 0 saturated heterocycles. The number of hydrogen-bond donors (Lipinski definition) is 2. The molecule has 1 aliphatic rings. The van der Waals surface area contributed by atoms with E-state index in [2.05, 4.69) is 10.6 Å². The molecule has 3 rings (SSSR count). The van der Waals surface area contributed by atoms with Crippen molar-refractivity contribution in [2.45, 2.75) is 26.3 Å². The van der Waals surface area contributed by atoms with Crippen LogP contribution >= 0.6 is 0 Å². The molecule has 0 spiro atoms. The van der Waals surface area contributed by atoms with Crippen LogP contribution in [0.2, 0.25) is 0 Å². The van der Waals surface area contributed by atoms with Gasteiger partial charge in [-0.25, -0.2) is 4.39 Å². The van der Waals surface area contributed by atoms with Crippen LogP contribution < -0.4 is 10.6 Å². The lowest BCUT2D eigenvalue weighted by Gasteiger charge is -2.07. The number of nitrogens with one attached hydrogen (secondary N) is 2. The molecule has 2 amide bonds. The van der Waals surface area contributed by atoms with E-state index in [1.165, 1.54) is 17.7 Å². The predicted octanol–water partition coefficient (Wildman–Crippen LogP) is 2.75. The fourth-order valence-corrected chi connectivity index (χ4v) is 2.91. The van der Waals surface area contributed by atoms with Crippen LogP contribution in [0, 0.1) is 24.6 Å². The van der Waals surface area contributed by atoms with Gasteiger partial charge in [-0.15, -0.1) is 0 Å². The molecule has 136 valence electrons. The first-order valence-electron chi connectivity index (χ1n) is 8.88. The highest BCUT2D eigenvalue weighted by atomic mass is 19.1. The number of hydrogen-bond acceptors (Lipinski definition) is 2. The van der Waals surface area contributed by atoms with E-state index in [0.717, 1.165) is 11.1 Å². The number of carbonyl (C=O) groups is 2. The van der Waals surface area contributed by atoms with Gasteiger partial charge in [0.05, 0.1) is 11.8 Å². The van der Waals surface area contributed by atoms with Gasteiger partial charge in [0, 0.05) is 13.1 Å². The predicted molar refractivity (Wildman–Crippen MR) is 97.7 cm³/mol. The molecular formula is C21H23FN2O2. The van der Waals surface area contributed by atoms with Gasteiger partial charge in [0.25, 0.3) is 0 Å². The number of amides is 2. The Morgan fingerprint density at radius 1 is 0.923 bits per heavy atom. The van der Waals surface area contributed by atoms with E-state index < -0.39 is 0 Å². The van der Waals surface area contributed by atoms with Gasteiger partial charge < -0.3 is 10.6 Å². The van der Waals surface area contributed by atoms with Crippen molar-refractivity contribution in [3.8, 4) is 0 Å². The first-order valence-corrected chi connectivity index (χ1v) is 8.88. The van der Waals surface area contributed by atoms with Crippen molar-refractivity contribution in [2.75, 3.05) is 6.54 Å². The summed E-state index contributed by atoms with van der Waals surface area (Å²) in [5.41, 5.74) is 3.19. The molecule has 5 heteroatoms. The Hall–Kier alpha value is -2.69. The maximum atomic E-state index is 12.9. The molecule has 1 saturated carbocycles. The Bertz CT molecular complexity index is 772. The van der Waals surface area contributed by atoms with Crippen molar-refractivity contribution < 1.29 is 14.0 Å². The second-order valence-electron chi connectivity index (χ2n) is 6.82. The number of rotatable bonds is 7. The minimum atomic E-state index is -0.268. The lowest BCUT2D eigenvalue weighted by Crippen LogP contribution is -2.31. The van der Waals surface area contributed by atoms with Crippen molar-refractivity contribution in [1.29, 1.82) is 0 Å².